The van der Waals surface area contributed by atoms with Gasteiger partial charge in [0.25, 0.3) is 0 Å². The summed E-state index contributed by atoms with van der Waals surface area (Å²) in [7, 11) is 0. The van der Waals surface area contributed by atoms with Gasteiger partial charge in [-0.15, -0.1) is 5.10 Å². The zero-order valence-electron chi connectivity index (χ0n) is 17.1. The zero-order valence-corrected chi connectivity index (χ0v) is 17.1. The van der Waals surface area contributed by atoms with Crippen molar-refractivity contribution >= 4 is 5.82 Å². The second-order valence-electron chi connectivity index (χ2n) is 9.52. The first-order valence-corrected chi connectivity index (χ1v) is 11.3. The Morgan fingerprint density at radius 2 is 1.87 bits per heavy atom. The summed E-state index contributed by atoms with van der Waals surface area (Å²) in [6.07, 6.45) is 12.8. The summed E-state index contributed by atoms with van der Waals surface area (Å²) in [5.41, 5.74) is 1.56. The second kappa shape index (κ2) is 7.31. The number of ether oxygens (including phenoxy) is 1. The van der Waals surface area contributed by atoms with Crippen LogP contribution >= 0.6 is 0 Å². The largest absolute Gasteiger partial charge is 0.376 e. The van der Waals surface area contributed by atoms with Crippen molar-refractivity contribution in [3.8, 4) is 6.07 Å². The van der Waals surface area contributed by atoms with E-state index in [1.807, 2.05) is 0 Å². The molecule has 3 heterocycles. The first kappa shape index (κ1) is 18.3. The molecule has 1 aliphatic heterocycles. The lowest BCUT2D eigenvalue weighted by Crippen LogP contribution is -2.38. The molecule has 3 aliphatic carbocycles. The molecule has 0 amide bonds. The molecule has 0 unspecified atom stereocenters. The molecule has 30 heavy (non-hydrogen) atoms. The van der Waals surface area contributed by atoms with Crippen molar-refractivity contribution < 1.29 is 4.74 Å². The van der Waals surface area contributed by atoms with Gasteiger partial charge in [0.1, 0.15) is 6.07 Å². The Balaban J connectivity index is 1.23. The average molecular weight is 406 g/mol. The van der Waals surface area contributed by atoms with E-state index < -0.39 is 0 Å². The molecule has 0 bridgehead atoms. The maximum atomic E-state index is 9.43. The molecule has 0 aromatic carbocycles. The number of fused-ring (bicyclic) bond motifs is 1. The van der Waals surface area contributed by atoms with Crippen LogP contribution in [0.4, 0.5) is 5.82 Å². The van der Waals surface area contributed by atoms with Crippen LogP contribution in [0.1, 0.15) is 61.9 Å². The van der Waals surface area contributed by atoms with Gasteiger partial charge >= 0.3 is 0 Å². The van der Waals surface area contributed by atoms with Crippen LogP contribution in [-0.4, -0.2) is 50.8 Å². The molecule has 4 fully saturated rings. The van der Waals surface area contributed by atoms with E-state index in [-0.39, 0.29) is 12.1 Å². The Hall–Kier alpha value is -2.53. The summed E-state index contributed by atoms with van der Waals surface area (Å²) in [6, 6.07) is 2.43. The third kappa shape index (κ3) is 3.45. The SMILES string of the molecule is N#Cc1nccnc1N1C[C@H]2C[C@@H](n3cc(C4CC4)nn3)[C@H](OCC3CC3)C[C@H]2C1. The molecule has 2 aromatic heterocycles. The summed E-state index contributed by atoms with van der Waals surface area (Å²) < 4.78 is 8.56. The summed E-state index contributed by atoms with van der Waals surface area (Å²) in [5.74, 6) is 3.17. The second-order valence-corrected chi connectivity index (χ2v) is 9.52. The number of anilines is 1. The van der Waals surface area contributed by atoms with Crippen molar-refractivity contribution in [1.82, 2.24) is 25.0 Å². The number of hydrogen-bond acceptors (Lipinski definition) is 7. The van der Waals surface area contributed by atoms with Crippen molar-refractivity contribution in [3.63, 3.8) is 0 Å². The number of aromatic nitrogens is 5. The fraction of sp³-hybridized carbons (Fsp3) is 0.682. The molecule has 0 N–H and O–H groups in total. The van der Waals surface area contributed by atoms with E-state index in [2.05, 4.69) is 42.1 Å². The maximum Gasteiger partial charge on any atom is 0.183 e. The van der Waals surface area contributed by atoms with Gasteiger partial charge in [-0.1, -0.05) is 5.21 Å². The summed E-state index contributed by atoms with van der Waals surface area (Å²) >= 11 is 0. The van der Waals surface area contributed by atoms with Crippen LogP contribution in [0.15, 0.2) is 18.6 Å². The number of hydrogen-bond donors (Lipinski definition) is 0. The van der Waals surface area contributed by atoms with Gasteiger partial charge in [0.15, 0.2) is 11.5 Å². The molecular weight excluding hydrogens is 378 g/mol. The van der Waals surface area contributed by atoms with Gasteiger partial charge in [0.2, 0.25) is 0 Å². The summed E-state index contributed by atoms with van der Waals surface area (Å²) in [4.78, 5) is 10.9. The highest BCUT2D eigenvalue weighted by Crippen LogP contribution is 2.45. The van der Waals surface area contributed by atoms with Crippen LogP contribution in [0.5, 0.6) is 0 Å². The number of nitriles is 1. The minimum absolute atomic E-state index is 0.179. The Labute approximate surface area is 176 Å². The van der Waals surface area contributed by atoms with Crippen molar-refractivity contribution in [2.24, 2.45) is 17.8 Å². The van der Waals surface area contributed by atoms with Crippen molar-refractivity contribution in [3.05, 3.63) is 30.0 Å². The maximum absolute atomic E-state index is 9.43. The van der Waals surface area contributed by atoms with Crippen molar-refractivity contribution in [2.45, 2.75) is 56.6 Å². The highest BCUT2D eigenvalue weighted by atomic mass is 16.5. The van der Waals surface area contributed by atoms with E-state index in [4.69, 9.17) is 4.74 Å². The van der Waals surface area contributed by atoms with E-state index in [1.165, 1.54) is 25.7 Å². The van der Waals surface area contributed by atoms with Crippen LogP contribution in [-0.2, 0) is 4.74 Å². The fourth-order valence-electron chi connectivity index (χ4n) is 5.22. The van der Waals surface area contributed by atoms with E-state index in [9.17, 15) is 5.26 Å². The molecule has 156 valence electrons. The van der Waals surface area contributed by atoms with Gasteiger partial charge < -0.3 is 9.64 Å². The topological polar surface area (TPSA) is 92.8 Å². The summed E-state index contributed by atoms with van der Waals surface area (Å²) in [6.45, 7) is 2.70. The molecule has 4 aliphatic rings. The van der Waals surface area contributed by atoms with E-state index in [1.54, 1.807) is 12.4 Å². The predicted molar refractivity (Wildman–Crippen MR) is 109 cm³/mol. The molecule has 8 heteroatoms. The minimum atomic E-state index is 0.179. The lowest BCUT2D eigenvalue weighted by molar-refractivity contribution is -0.0375. The Bertz CT molecular complexity index is 960. The van der Waals surface area contributed by atoms with Gasteiger partial charge in [-0.25, -0.2) is 14.6 Å². The van der Waals surface area contributed by atoms with Gasteiger partial charge in [0.05, 0.1) is 17.8 Å². The van der Waals surface area contributed by atoms with E-state index in [0.29, 0.717) is 23.4 Å². The van der Waals surface area contributed by atoms with Crippen LogP contribution in [0.3, 0.4) is 0 Å². The molecular formula is C22H27N7O. The Kier molecular flexibility index (Phi) is 4.45. The molecule has 4 atom stereocenters. The van der Waals surface area contributed by atoms with Gasteiger partial charge in [-0.3, -0.25) is 0 Å². The molecule has 8 nitrogen and oxygen atoms in total. The molecule has 0 spiro atoms. The molecule has 2 aromatic rings. The quantitative estimate of drug-likeness (QED) is 0.729. The first-order chi connectivity index (χ1) is 14.8. The van der Waals surface area contributed by atoms with Crippen LogP contribution in [0, 0.1) is 29.1 Å². The van der Waals surface area contributed by atoms with Crippen molar-refractivity contribution in [2.75, 3.05) is 24.6 Å². The molecule has 6 rings (SSSR count). The normalized spacial score (nSPS) is 30.8. The Morgan fingerprint density at radius 3 is 2.63 bits per heavy atom. The zero-order chi connectivity index (χ0) is 20.1. The van der Waals surface area contributed by atoms with Gasteiger partial charge in [0, 0.05) is 44.2 Å². The smallest absolute Gasteiger partial charge is 0.183 e. The molecule has 1 saturated heterocycles. The number of rotatable bonds is 6. The lowest BCUT2D eigenvalue weighted by atomic mass is 9.77. The third-order valence-corrected chi connectivity index (χ3v) is 7.28. The average Bonchev–Trinajstić information content (AvgIpc) is 3.71. The standard InChI is InChI=1S/C22H27N7O/c23-9-18-22(25-6-5-24-18)28-10-16-7-20(29-12-19(26-27-29)15-3-4-15)21(8-17(16)11-28)30-13-14-1-2-14/h5-6,12,14-17,20-21H,1-4,7-8,10-11,13H2/t16-,17+,20-,21-/m1/s1. The molecule has 3 saturated carbocycles. The fourth-order valence-corrected chi connectivity index (χ4v) is 5.22. The highest BCUT2D eigenvalue weighted by molar-refractivity contribution is 5.50. The lowest BCUT2D eigenvalue weighted by Gasteiger charge is -2.37. The van der Waals surface area contributed by atoms with Crippen LogP contribution in [0.25, 0.3) is 0 Å². The number of nitrogens with zero attached hydrogens (tertiary/aromatic N) is 7. The van der Waals surface area contributed by atoms with E-state index in [0.717, 1.165) is 50.0 Å². The highest BCUT2D eigenvalue weighted by Gasteiger charge is 2.45. The molecule has 0 radical (unpaired) electrons. The van der Waals surface area contributed by atoms with Crippen LogP contribution < -0.4 is 4.90 Å². The third-order valence-electron chi connectivity index (χ3n) is 7.28. The van der Waals surface area contributed by atoms with E-state index >= 15 is 0 Å². The monoisotopic (exact) mass is 405 g/mol. The van der Waals surface area contributed by atoms with Crippen LogP contribution in [0.2, 0.25) is 0 Å². The van der Waals surface area contributed by atoms with Gasteiger partial charge in [-0.2, -0.15) is 5.26 Å². The van der Waals surface area contributed by atoms with Gasteiger partial charge in [-0.05, 0) is 56.3 Å². The first-order valence-electron chi connectivity index (χ1n) is 11.3. The van der Waals surface area contributed by atoms with Crippen molar-refractivity contribution in [1.29, 1.82) is 5.26 Å². The Morgan fingerprint density at radius 1 is 1.07 bits per heavy atom. The predicted octanol–water partition coefficient (Wildman–Crippen LogP) is 2.70. The minimum Gasteiger partial charge on any atom is -0.376 e. The summed E-state index contributed by atoms with van der Waals surface area (Å²) in [5, 5.41) is 18.4.